The SMILES string of the molecule is CCOC(=O)C(C)Oc1ccc(C(=O)CCl)cc1. The van der Waals surface area contributed by atoms with Crippen molar-refractivity contribution in [1.29, 1.82) is 0 Å². The van der Waals surface area contributed by atoms with Crippen molar-refractivity contribution in [2.24, 2.45) is 0 Å². The fourth-order valence-corrected chi connectivity index (χ4v) is 1.46. The van der Waals surface area contributed by atoms with Gasteiger partial charge in [0.1, 0.15) is 5.75 Å². The number of alkyl halides is 1. The van der Waals surface area contributed by atoms with Crippen molar-refractivity contribution >= 4 is 23.4 Å². The van der Waals surface area contributed by atoms with Gasteiger partial charge in [-0.3, -0.25) is 4.79 Å². The molecule has 0 N–H and O–H groups in total. The highest BCUT2D eigenvalue weighted by Gasteiger charge is 2.15. The van der Waals surface area contributed by atoms with E-state index < -0.39 is 12.1 Å². The van der Waals surface area contributed by atoms with E-state index in [0.29, 0.717) is 17.9 Å². The van der Waals surface area contributed by atoms with Crippen molar-refractivity contribution in [3.8, 4) is 5.75 Å². The molecule has 0 spiro atoms. The second kappa shape index (κ2) is 7.01. The lowest BCUT2D eigenvalue weighted by molar-refractivity contribution is -0.150. The van der Waals surface area contributed by atoms with Crippen LogP contribution < -0.4 is 4.74 Å². The second-order valence-corrected chi connectivity index (χ2v) is 3.86. The van der Waals surface area contributed by atoms with Crippen LogP contribution in [0.2, 0.25) is 0 Å². The summed E-state index contributed by atoms with van der Waals surface area (Å²) in [6.07, 6.45) is -0.681. The quantitative estimate of drug-likeness (QED) is 0.453. The van der Waals surface area contributed by atoms with E-state index in [1.54, 1.807) is 38.1 Å². The first kappa shape index (κ1) is 14.5. The maximum atomic E-state index is 11.4. The molecule has 4 nitrogen and oxygen atoms in total. The number of hydrogen-bond donors (Lipinski definition) is 0. The summed E-state index contributed by atoms with van der Waals surface area (Å²) >= 11 is 5.44. The number of rotatable bonds is 6. The van der Waals surface area contributed by atoms with Gasteiger partial charge in [0.15, 0.2) is 11.9 Å². The van der Waals surface area contributed by atoms with E-state index in [-0.39, 0.29) is 11.7 Å². The van der Waals surface area contributed by atoms with E-state index in [2.05, 4.69) is 0 Å². The molecule has 0 heterocycles. The molecule has 1 aromatic rings. The van der Waals surface area contributed by atoms with Crippen LogP contribution in [-0.4, -0.2) is 30.3 Å². The Balaban J connectivity index is 2.63. The van der Waals surface area contributed by atoms with Crippen LogP contribution in [0.3, 0.4) is 0 Å². The Morgan fingerprint density at radius 3 is 2.39 bits per heavy atom. The van der Waals surface area contributed by atoms with E-state index >= 15 is 0 Å². The van der Waals surface area contributed by atoms with Gasteiger partial charge in [0.25, 0.3) is 0 Å². The van der Waals surface area contributed by atoms with Gasteiger partial charge in [-0.25, -0.2) is 4.79 Å². The lowest BCUT2D eigenvalue weighted by Gasteiger charge is -2.13. The van der Waals surface area contributed by atoms with Gasteiger partial charge < -0.3 is 9.47 Å². The molecule has 5 heteroatoms. The highest BCUT2D eigenvalue weighted by atomic mass is 35.5. The average Bonchev–Trinajstić information content (AvgIpc) is 2.39. The molecular formula is C13H15ClO4. The Hall–Kier alpha value is -1.55. The second-order valence-electron chi connectivity index (χ2n) is 3.59. The molecule has 0 bridgehead atoms. The Morgan fingerprint density at radius 2 is 1.89 bits per heavy atom. The number of hydrogen-bond acceptors (Lipinski definition) is 4. The van der Waals surface area contributed by atoms with Gasteiger partial charge in [0.05, 0.1) is 12.5 Å². The molecule has 0 aliphatic carbocycles. The first-order valence-corrected chi connectivity index (χ1v) is 6.14. The first-order chi connectivity index (χ1) is 8.58. The van der Waals surface area contributed by atoms with E-state index in [1.807, 2.05) is 0 Å². The molecule has 0 saturated heterocycles. The Labute approximate surface area is 111 Å². The zero-order valence-electron chi connectivity index (χ0n) is 10.3. The molecule has 0 fully saturated rings. The zero-order valence-corrected chi connectivity index (χ0v) is 11.1. The third-order valence-electron chi connectivity index (χ3n) is 2.23. The molecule has 0 aliphatic rings. The van der Waals surface area contributed by atoms with Gasteiger partial charge >= 0.3 is 5.97 Å². The molecule has 0 radical (unpaired) electrons. The number of halogens is 1. The van der Waals surface area contributed by atoms with Crippen LogP contribution in [0.5, 0.6) is 5.75 Å². The maximum absolute atomic E-state index is 11.4. The van der Waals surface area contributed by atoms with Crippen LogP contribution in [0.4, 0.5) is 0 Å². The van der Waals surface area contributed by atoms with Crippen LogP contribution in [-0.2, 0) is 9.53 Å². The molecule has 0 saturated carbocycles. The number of carbonyl (C=O) groups excluding carboxylic acids is 2. The molecule has 1 aromatic carbocycles. The van der Waals surface area contributed by atoms with Crippen molar-refractivity contribution in [3.63, 3.8) is 0 Å². The average molecular weight is 271 g/mol. The lowest BCUT2D eigenvalue weighted by Crippen LogP contribution is -2.26. The predicted octanol–water partition coefficient (Wildman–Crippen LogP) is 2.44. The van der Waals surface area contributed by atoms with Gasteiger partial charge in [0, 0.05) is 5.56 Å². The van der Waals surface area contributed by atoms with E-state index in [9.17, 15) is 9.59 Å². The normalized spacial score (nSPS) is 11.7. The van der Waals surface area contributed by atoms with Crippen LogP contribution in [0, 0.1) is 0 Å². The first-order valence-electron chi connectivity index (χ1n) is 5.61. The van der Waals surface area contributed by atoms with Crippen molar-refractivity contribution in [2.45, 2.75) is 20.0 Å². The van der Waals surface area contributed by atoms with Crippen molar-refractivity contribution in [1.82, 2.24) is 0 Å². The van der Waals surface area contributed by atoms with Gasteiger partial charge in [-0.1, -0.05) is 0 Å². The minimum Gasteiger partial charge on any atom is -0.479 e. The van der Waals surface area contributed by atoms with Crippen LogP contribution >= 0.6 is 11.6 Å². The monoisotopic (exact) mass is 270 g/mol. The molecular weight excluding hydrogens is 256 g/mol. The maximum Gasteiger partial charge on any atom is 0.347 e. The summed E-state index contributed by atoms with van der Waals surface area (Å²) in [4.78, 5) is 22.6. The van der Waals surface area contributed by atoms with E-state index in [4.69, 9.17) is 21.1 Å². The molecule has 1 atom stereocenters. The summed E-state index contributed by atoms with van der Waals surface area (Å²) in [6, 6.07) is 6.46. The van der Waals surface area contributed by atoms with Crippen LogP contribution in [0.1, 0.15) is 24.2 Å². The highest BCUT2D eigenvalue weighted by Crippen LogP contribution is 2.15. The zero-order chi connectivity index (χ0) is 13.5. The van der Waals surface area contributed by atoms with Crippen LogP contribution in [0.15, 0.2) is 24.3 Å². The number of benzene rings is 1. The molecule has 0 amide bonds. The summed E-state index contributed by atoms with van der Waals surface area (Å²) < 4.78 is 10.2. The number of Topliss-reactive ketones (excluding diaryl/α,β-unsaturated/α-hetero) is 1. The molecule has 0 aromatic heterocycles. The Morgan fingerprint density at radius 1 is 1.28 bits per heavy atom. The minimum absolute atomic E-state index is 0.0561. The fraction of sp³-hybridized carbons (Fsp3) is 0.385. The number of ether oxygens (including phenoxy) is 2. The molecule has 1 rings (SSSR count). The smallest absolute Gasteiger partial charge is 0.347 e. The van der Waals surface area contributed by atoms with Gasteiger partial charge in [0.2, 0.25) is 0 Å². The van der Waals surface area contributed by atoms with Crippen molar-refractivity contribution < 1.29 is 19.1 Å². The van der Waals surface area contributed by atoms with E-state index in [1.165, 1.54) is 0 Å². The summed E-state index contributed by atoms with van der Waals surface area (Å²) in [7, 11) is 0. The van der Waals surface area contributed by atoms with Crippen molar-refractivity contribution in [2.75, 3.05) is 12.5 Å². The standard InChI is InChI=1S/C13H15ClO4/c1-3-17-13(16)9(2)18-11-6-4-10(5-7-11)12(15)8-14/h4-7,9H,3,8H2,1-2H3. The molecule has 1 unspecified atom stereocenters. The lowest BCUT2D eigenvalue weighted by atomic mass is 10.1. The number of esters is 1. The minimum atomic E-state index is -0.681. The van der Waals surface area contributed by atoms with Crippen LogP contribution in [0.25, 0.3) is 0 Å². The van der Waals surface area contributed by atoms with Gasteiger partial charge in [-0.2, -0.15) is 0 Å². The summed E-state index contributed by atoms with van der Waals surface area (Å²) in [5.74, 6) is -0.124. The largest absolute Gasteiger partial charge is 0.479 e. The summed E-state index contributed by atoms with van der Waals surface area (Å²) in [6.45, 7) is 3.66. The Bertz CT molecular complexity index is 414. The topological polar surface area (TPSA) is 52.6 Å². The predicted molar refractivity (Wildman–Crippen MR) is 68.2 cm³/mol. The van der Waals surface area contributed by atoms with E-state index in [0.717, 1.165) is 0 Å². The third-order valence-corrected chi connectivity index (χ3v) is 2.47. The fourth-order valence-electron chi connectivity index (χ4n) is 1.31. The number of carbonyl (C=O) groups is 2. The number of ketones is 1. The summed E-state index contributed by atoms with van der Waals surface area (Å²) in [5.41, 5.74) is 0.515. The van der Waals surface area contributed by atoms with Gasteiger partial charge in [-0.15, -0.1) is 11.6 Å². The summed E-state index contributed by atoms with van der Waals surface area (Å²) in [5, 5.41) is 0. The Kier molecular flexibility index (Phi) is 5.65. The molecule has 0 aliphatic heterocycles. The highest BCUT2D eigenvalue weighted by molar-refractivity contribution is 6.30. The molecule has 18 heavy (non-hydrogen) atoms. The van der Waals surface area contributed by atoms with Gasteiger partial charge in [-0.05, 0) is 38.1 Å². The van der Waals surface area contributed by atoms with Crippen molar-refractivity contribution in [3.05, 3.63) is 29.8 Å². The third kappa shape index (κ3) is 4.04. The molecule has 98 valence electrons.